The highest BCUT2D eigenvalue weighted by atomic mass is 16.4. The van der Waals surface area contributed by atoms with Gasteiger partial charge in [0.05, 0.1) is 16.9 Å². The second-order valence-corrected chi connectivity index (χ2v) is 3.34. The summed E-state index contributed by atoms with van der Waals surface area (Å²) in [5.41, 5.74) is 11.2. The van der Waals surface area contributed by atoms with Crippen molar-refractivity contribution in [3.8, 4) is 0 Å². The van der Waals surface area contributed by atoms with Crippen molar-refractivity contribution in [3.63, 3.8) is 0 Å². The fraction of sp³-hybridized carbons (Fsp3) is 0.200. The first kappa shape index (κ1) is 11.8. The number of anilines is 2. The lowest BCUT2D eigenvalue weighted by Crippen LogP contribution is -2.32. The molecule has 0 heterocycles. The Hall–Kier alpha value is -2.24. The SMILES string of the molecule is CC(Nc1cccc(C(=O)O)c1N)C(N)=O. The number of carboxylic acid groups (broad SMARTS) is 1. The maximum Gasteiger partial charge on any atom is 0.337 e. The van der Waals surface area contributed by atoms with Crippen molar-refractivity contribution in [3.05, 3.63) is 23.8 Å². The monoisotopic (exact) mass is 223 g/mol. The first-order valence-corrected chi connectivity index (χ1v) is 4.61. The summed E-state index contributed by atoms with van der Waals surface area (Å²) >= 11 is 0. The Bertz CT molecular complexity index is 431. The van der Waals surface area contributed by atoms with Crippen molar-refractivity contribution in [1.29, 1.82) is 0 Å². The Morgan fingerprint density at radius 3 is 2.56 bits per heavy atom. The number of nitrogens with two attached hydrogens (primary N) is 2. The van der Waals surface area contributed by atoms with E-state index in [1.54, 1.807) is 13.0 Å². The third kappa shape index (κ3) is 2.41. The summed E-state index contributed by atoms with van der Waals surface area (Å²) in [6.07, 6.45) is 0. The number of carbonyl (C=O) groups excluding carboxylic acids is 1. The second-order valence-electron chi connectivity index (χ2n) is 3.34. The molecule has 0 aliphatic rings. The van der Waals surface area contributed by atoms with Crippen molar-refractivity contribution >= 4 is 23.3 Å². The zero-order valence-corrected chi connectivity index (χ0v) is 8.73. The molecule has 0 saturated carbocycles. The van der Waals surface area contributed by atoms with E-state index in [9.17, 15) is 9.59 Å². The lowest BCUT2D eigenvalue weighted by atomic mass is 10.1. The number of primary amides is 1. The van der Waals surface area contributed by atoms with E-state index in [4.69, 9.17) is 16.6 Å². The summed E-state index contributed by atoms with van der Waals surface area (Å²) < 4.78 is 0. The average molecular weight is 223 g/mol. The third-order valence-electron chi connectivity index (χ3n) is 2.14. The number of aromatic carboxylic acids is 1. The van der Waals surface area contributed by atoms with Crippen LogP contribution < -0.4 is 16.8 Å². The Kier molecular flexibility index (Phi) is 3.34. The van der Waals surface area contributed by atoms with Gasteiger partial charge in [0.15, 0.2) is 0 Å². The van der Waals surface area contributed by atoms with Crippen molar-refractivity contribution in [2.75, 3.05) is 11.1 Å². The zero-order valence-electron chi connectivity index (χ0n) is 8.73. The molecule has 86 valence electrons. The molecule has 0 aliphatic heterocycles. The number of rotatable bonds is 4. The van der Waals surface area contributed by atoms with Crippen LogP contribution in [-0.2, 0) is 4.79 Å². The smallest absolute Gasteiger partial charge is 0.337 e. The van der Waals surface area contributed by atoms with Crippen LogP contribution in [0.25, 0.3) is 0 Å². The summed E-state index contributed by atoms with van der Waals surface area (Å²) in [5.74, 6) is -1.66. The van der Waals surface area contributed by atoms with Gasteiger partial charge in [-0.25, -0.2) is 4.79 Å². The molecule has 0 bridgehead atoms. The topological polar surface area (TPSA) is 118 Å². The second kappa shape index (κ2) is 4.52. The minimum absolute atomic E-state index is 0.0123. The summed E-state index contributed by atoms with van der Waals surface area (Å²) in [5, 5.41) is 11.6. The number of para-hydroxylation sites is 1. The van der Waals surface area contributed by atoms with Crippen LogP contribution in [0.5, 0.6) is 0 Å². The van der Waals surface area contributed by atoms with E-state index in [-0.39, 0.29) is 11.3 Å². The predicted octanol–water partition coefficient (Wildman–Crippen LogP) is 0.253. The molecule has 6 heteroatoms. The highest BCUT2D eigenvalue weighted by Gasteiger charge is 2.14. The molecule has 1 rings (SSSR count). The summed E-state index contributed by atoms with van der Waals surface area (Å²) in [6.45, 7) is 1.56. The van der Waals surface area contributed by atoms with Gasteiger partial charge in [-0.2, -0.15) is 0 Å². The van der Waals surface area contributed by atoms with Gasteiger partial charge in [-0.15, -0.1) is 0 Å². The van der Waals surface area contributed by atoms with Gasteiger partial charge < -0.3 is 21.9 Å². The van der Waals surface area contributed by atoms with Gasteiger partial charge in [-0.05, 0) is 19.1 Å². The molecule has 1 aromatic carbocycles. The van der Waals surface area contributed by atoms with Crippen LogP contribution in [0.2, 0.25) is 0 Å². The van der Waals surface area contributed by atoms with Crippen LogP contribution in [0, 0.1) is 0 Å². The van der Waals surface area contributed by atoms with Crippen LogP contribution in [0.1, 0.15) is 17.3 Å². The van der Waals surface area contributed by atoms with Crippen molar-refractivity contribution < 1.29 is 14.7 Å². The minimum Gasteiger partial charge on any atom is -0.478 e. The van der Waals surface area contributed by atoms with E-state index in [1.165, 1.54) is 12.1 Å². The first-order valence-electron chi connectivity index (χ1n) is 4.61. The van der Waals surface area contributed by atoms with Gasteiger partial charge in [0.1, 0.15) is 6.04 Å². The normalized spacial score (nSPS) is 11.8. The Labute approximate surface area is 92.2 Å². The van der Waals surface area contributed by atoms with Crippen LogP contribution >= 0.6 is 0 Å². The fourth-order valence-electron chi connectivity index (χ4n) is 1.18. The number of nitrogens with one attached hydrogen (secondary N) is 1. The van der Waals surface area contributed by atoms with Crippen molar-refractivity contribution in [2.24, 2.45) is 5.73 Å². The van der Waals surface area contributed by atoms with E-state index in [0.29, 0.717) is 5.69 Å². The van der Waals surface area contributed by atoms with Gasteiger partial charge >= 0.3 is 5.97 Å². The van der Waals surface area contributed by atoms with E-state index >= 15 is 0 Å². The summed E-state index contributed by atoms with van der Waals surface area (Å²) in [7, 11) is 0. The van der Waals surface area contributed by atoms with Crippen molar-refractivity contribution in [2.45, 2.75) is 13.0 Å². The zero-order chi connectivity index (χ0) is 12.3. The van der Waals surface area contributed by atoms with Gasteiger partial charge in [0.25, 0.3) is 0 Å². The lowest BCUT2D eigenvalue weighted by Gasteiger charge is -2.14. The van der Waals surface area contributed by atoms with Crippen LogP contribution in [0.4, 0.5) is 11.4 Å². The van der Waals surface area contributed by atoms with Gasteiger partial charge in [0.2, 0.25) is 5.91 Å². The highest BCUT2D eigenvalue weighted by Crippen LogP contribution is 2.23. The molecule has 0 radical (unpaired) electrons. The Balaban J connectivity index is 3.02. The molecule has 0 aliphatic carbocycles. The van der Waals surface area contributed by atoms with E-state index in [0.717, 1.165) is 0 Å². The molecule has 6 N–H and O–H groups in total. The largest absolute Gasteiger partial charge is 0.478 e. The number of hydrogen-bond donors (Lipinski definition) is 4. The summed E-state index contributed by atoms with van der Waals surface area (Å²) in [6, 6.07) is 3.89. The van der Waals surface area contributed by atoms with Crippen molar-refractivity contribution in [1.82, 2.24) is 0 Å². The van der Waals surface area contributed by atoms with Gasteiger partial charge in [-0.3, -0.25) is 4.79 Å². The standard InChI is InChI=1S/C10H13N3O3/c1-5(9(12)14)13-7-4-2-3-6(8(7)11)10(15)16/h2-5,13H,11H2,1H3,(H2,12,14)(H,15,16). The quantitative estimate of drug-likeness (QED) is 0.546. The summed E-state index contributed by atoms with van der Waals surface area (Å²) in [4.78, 5) is 21.6. The number of amides is 1. The maximum absolute atomic E-state index is 10.8. The molecule has 1 amide bonds. The predicted molar refractivity (Wildman–Crippen MR) is 60.1 cm³/mol. The Morgan fingerprint density at radius 1 is 1.44 bits per heavy atom. The molecule has 1 aromatic rings. The molecule has 6 nitrogen and oxygen atoms in total. The van der Waals surface area contributed by atoms with Crippen LogP contribution in [0.15, 0.2) is 18.2 Å². The van der Waals surface area contributed by atoms with Crippen LogP contribution in [0.3, 0.4) is 0 Å². The van der Waals surface area contributed by atoms with E-state index in [1.807, 2.05) is 0 Å². The number of nitrogen functional groups attached to an aromatic ring is 1. The number of carbonyl (C=O) groups is 2. The Morgan fingerprint density at radius 2 is 2.06 bits per heavy atom. The van der Waals surface area contributed by atoms with E-state index < -0.39 is 17.9 Å². The molecular formula is C10H13N3O3. The first-order chi connectivity index (χ1) is 7.43. The fourth-order valence-corrected chi connectivity index (χ4v) is 1.18. The molecule has 1 atom stereocenters. The van der Waals surface area contributed by atoms with Gasteiger partial charge in [-0.1, -0.05) is 6.07 Å². The molecular weight excluding hydrogens is 210 g/mol. The third-order valence-corrected chi connectivity index (χ3v) is 2.14. The lowest BCUT2D eigenvalue weighted by molar-refractivity contribution is -0.118. The number of carboxylic acids is 1. The molecule has 1 unspecified atom stereocenters. The van der Waals surface area contributed by atoms with E-state index in [2.05, 4.69) is 5.32 Å². The molecule has 16 heavy (non-hydrogen) atoms. The van der Waals surface area contributed by atoms with Crippen LogP contribution in [-0.4, -0.2) is 23.0 Å². The molecule has 0 fully saturated rings. The molecule has 0 spiro atoms. The maximum atomic E-state index is 10.8. The number of benzene rings is 1. The minimum atomic E-state index is -1.12. The highest BCUT2D eigenvalue weighted by molar-refractivity contribution is 5.97. The molecule has 0 aromatic heterocycles. The molecule has 0 saturated heterocycles. The van der Waals surface area contributed by atoms with Gasteiger partial charge in [0, 0.05) is 0 Å². The number of hydrogen-bond acceptors (Lipinski definition) is 4. The average Bonchev–Trinajstić information content (AvgIpc) is 2.20.